The molecule has 0 N–H and O–H groups in total. The highest BCUT2D eigenvalue weighted by atomic mass is 17.2. The lowest BCUT2D eigenvalue weighted by Gasteiger charge is -2.14. The van der Waals surface area contributed by atoms with Crippen molar-refractivity contribution in [2.24, 2.45) is 5.92 Å². The smallest absolute Gasteiger partial charge is 0.135 e. The van der Waals surface area contributed by atoms with E-state index in [0.29, 0.717) is 12.5 Å². The molecule has 0 saturated carbocycles. The van der Waals surface area contributed by atoms with Gasteiger partial charge in [0.1, 0.15) is 12.4 Å². The van der Waals surface area contributed by atoms with Gasteiger partial charge in [0.05, 0.1) is 6.10 Å². The van der Waals surface area contributed by atoms with E-state index >= 15 is 0 Å². The topological polar surface area (TPSA) is 27.7 Å². The molecule has 1 unspecified atom stereocenters. The number of hydrogen-bond donors (Lipinski definition) is 0. The lowest BCUT2D eigenvalue weighted by Crippen LogP contribution is -2.18. The molecule has 0 bridgehead atoms. The molecule has 0 amide bonds. The predicted octanol–water partition coefficient (Wildman–Crippen LogP) is 2.92. The third-order valence-electron chi connectivity index (χ3n) is 1.61. The minimum atomic E-state index is 0.0713. The van der Waals surface area contributed by atoms with Crippen molar-refractivity contribution in [3.05, 3.63) is 11.8 Å². The quantitative estimate of drug-likeness (QED) is 0.361. The van der Waals surface area contributed by atoms with Crippen LogP contribution in [-0.4, -0.2) is 19.3 Å². The highest BCUT2D eigenvalue weighted by molar-refractivity contribution is 4.82. The first-order valence-corrected chi connectivity index (χ1v) is 5.10. The molecule has 0 aromatic carbocycles. The molecule has 0 aromatic heterocycles. The molecule has 1 atom stereocenters. The highest BCUT2D eigenvalue weighted by Gasteiger charge is 2.04. The molecular formula is C11H22O3. The average Bonchev–Trinajstić information content (AvgIpc) is 2.14. The lowest BCUT2D eigenvalue weighted by atomic mass is 10.2. The first kappa shape index (κ1) is 13.5. The number of rotatable bonds is 7. The first-order chi connectivity index (χ1) is 6.56. The summed E-state index contributed by atoms with van der Waals surface area (Å²) in [4.78, 5) is 9.94. The van der Waals surface area contributed by atoms with Gasteiger partial charge in [0, 0.05) is 6.61 Å². The van der Waals surface area contributed by atoms with E-state index in [1.165, 1.54) is 0 Å². The molecule has 3 nitrogen and oxygen atoms in total. The molecule has 0 aliphatic heterocycles. The van der Waals surface area contributed by atoms with Gasteiger partial charge in [-0.15, -0.1) is 0 Å². The van der Waals surface area contributed by atoms with Crippen molar-refractivity contribution < 1.29 is 14.5 Å². The molecule has 0 rings (SSSR count). The van der Waals surface area contributed by atoms with E-state index in [1.807, 2.05) is 26.8 Å². The van der Waals surface area contributed by atoms with Gasteiger partial charge in [0.25, 0.3) is 0 Å². The summed E-state index contributed by atoms with van der Waals surface area (Å²) in [7, 11) is 0. The molecule has 0 saturated heterocycles. The molecule has 0 aliphatic carbocycles. The van der Waals surface area contributed by atoms with Crippen molar-refractivity contribution in [3.63, 3.8) is 0 Å². The Balaban J connectivity index is 3.40. The molecule has 3 heteroatoms. The summed E-state index contributed by atoms with van der Waals surface area (Å²) in [6.07, 6.45) is 1.92. The van der Waals surface area contributed by atoms with Gasteiger partial charge in [-0.1, -0.05) is 13.8 Å². The first-order valence-electron chi connectivity index (χ1n) is 5.10. The third-order valence-corrected chi connectivity index (χ3v) is 1.61. The normalized spacial score (nSPS) is 14.6. The van der Waals surface area contributed by atoms with Crippen LogP contribution in [-0.2, 0) is 14.5 Å². The van der Waals surface area contributed by atoms with Gasteiger partial charge in [-0.3, -0.25) is 0 Å². The van der Waals surface area contributed by atoms with Gasteiger partial charge >= 0.3 is 0 Å². The van der Waals surface area contributed by atoms with Gasteiger partial charge in [0.2, 0.25) is 0 Å². The second kappa shape index (κ2) is 7.83. The fourth-order valence-electron chi connectivity index (χ4n) is 0.676. The van der Waals surface area contributed by atoms with Gasteiger partial charge in [-0.05, 0) is 32.8 Å². The molecule has 84 valence electrons. The van der Waals surface area contributed by atoms with E-state index in [9.17, 15) is 0 Å². The SMILES string of the molecule is CC=C(C)OOCC(C)OCC(C)C. The van der Waals surface area contributed by atoms with Crippen LogP contribution in [0.25, 0.3) is 0 Å². The van der Waals surface area contributed by atoms with Crippen LogP contribution < -0.4 is 0 Å². The second-order valence-electron chi connectivity index (χ2n) is 3.80. The van der Waals surface area contributed by atoms with Crippen LogP contribution in [0.2, 0.25) is 0 Å². The van der Waals surface area contributed by atoms with Gasteiger partial charge in [0.15, 0.2) is 0 Å². The summed E-state index contributed by atoms with van der Waals surface area (Å²) in [5, 5.41) is 0. The Morgan fingerprint density at radius 2 is 1.86 bits per heavy atom. The standard InChI is InChI=1S/C11H22O3/c1-6-10(4)14-13-8-11(5)12-7-9(2)3/h6,9,11H,7-8H2,1-5H3. The van der Waals surface area contributed by atoms with Crippen molar-refractivity contribution in [1.82, 2.24) is 0 Å². The Hall–Kier alpha value is -0.540. The summed E-state index contributed by atoms with van der Waals surface area (Å²) >= 11 is 0. The zero-order chi connectivity index (χ0) is 11.0. The number of allylic oxidation sites excluding steroid dienone is 2. The third kappa shape index (κ3) is 8.08. The number of hydrogen-bond acceptors (Lipinski definition) is 3. The Morgan fingerprint density at radius 3 is 2.36 bits per heavy atom. The maximum absolute atomic E-state index is 5.49. The molecule has 0 fully saturated rings. The van der Waals surface area contributed by atoms with Gasteiger partial charge in [-0.25, -0.2) is 0 Å². The minimum absolute atomic E-state index is 0.0713. The number of ether oxygens (including phenoxy) is 1. The van der Waals surface area contributed by atoms with Crippen LogP contribution in [0.3, 0.4) is 0 Å². The summed E-state index contributed by atoms with van der Waals surface area (Å²) in [6.45, 7) is 11.2. The molecule has 0 spiro atoms. The highest BCUT2D eigenvalue weighted by Crippen LogP contribution is 2.01. The van der Waals surface area contributed by atoms with E-state index in [0.717, 1.165) is 12.4 Å². The van der Waals surface area contributed by atoms with Crippen LogP contribution in [0.1, 0.15) is 34.6 Å². The van der Waals surface area contributed by atoms with Crippen LogP contribution in [0, 0.1) is 5.92 Å². The van der Waals surface area contributed by atoms with Crippen LogP contribution in [0.4, 0.5) is 0 Å². The van der Waals surface area contributed by atoms with Crippen molar-refractivity contribution in [2.75, 3.05) is 13.2 Å². The van der Waals surface area contributed by atoms with Crippen molar-refractivity contribution >= 4 is 0 Å². The van der Waals surface area contributed by atoms with E-state index in [4.69, 9.17) is 14.5 Å². The zero-order valence-corrected chi connectivity index (χ0v) is 9.87. The van der Waals surface area contributed by atoms with Crippen LogP contribution in [0.15, 0.2) is 11.8 Å². The summed E-state index contributed by atoms with van der Waals surface area (Å²) in [6, 6.07) is 0. The van der Waals surface area contributed by atoms with E-state index in [2.05, 4.69) is 13.8 Å². The lowest BCUT2D eigenvalue weighted by molar-refractivity contribution is -0.276. The molecule has 0 aromatic rings. The van der Waals surface area contributed by atoms with Crippen molar-refractivity contribution in [2.45, 2.75) is 40.7 Å². The van der Waals surface area contributed by atoms with Crippen LogP contribution in [0.5, 0.6) is 0 Å². The monoisotopic (exact) mass is 202 g/mol. The molecule has 14 heavy (non-hydrogen) atoms. The van der Waals surface area contributed by atoms with Crippen molar-refractivity contribution in [3.8, 4) is 0 Å². The summed E-state index contributed by atoms with van der Waals surface area (Å²) in [5.74, 6) is 1.32. The average molecular weight is 202 g/mol. The fraction of sp³-hybridized carbons (Fsp3) is 0.818. The molecular weight excluding hydrogens is 180 g/mol. The Labute approximate surface area is 87.0 Å². The van der Waals surface area contributed by atoms with E-state index < -0.39 is 0 Å². The van der Waals surface area contributed by atoms with Crippen molar-refractivity contribution in [1.29, 1.82) is 0 Å². The maximum Gasteiger partial charge on any atom is 0.135 e. The fourth-order valence-corrected chi connectivity index (χ4v) is 0.676. The Morgan fingerprint density at radius 1 is 1.21 bits per heavy atom. The Bertz CT molecular complexity index is 164. The molecule has 0 heterocycles. The van der Waals surface area contributed by atoms with E-state index in [-0.39, 0.29) is 6.10 Å². The zero-order valence-electron chi connectivity index (χ0n) is 9.87. The second-order valence-corrected chi connectivity index (χ2v) is 3.80. The predicted molar refractivity (Wildman–Crippen MR) is 56.7 cm³/mol. The van der Waals surface area contributed by atoms with Gasteiger partial charge in [-0.2, -0.15) is 4.89 Å². The van der Waals surface area contributed by atoms with Crippen LogP contribution >= 0.6 is 0 Å². The minimum Gasteiger partial charge on any atom is -0.376 e. The maximum atomic E-state index is 5.49. The summed E-state index contributed by atoms with van der Waals surface area (Å²) in [5.41, 5.74) is 0. The van der Waals surface area contributed by atoms with E-state index in [1.54, 1.807) is 0 Å². The largest absolute Gasteiger partial charge is 0.376 e. The van der Waals surface area contributed by atoms with Gasteiger partial charge < -0.3 is 9.62 Å². The molecule has 0 aliphatic rings. The summed E-state index contributed by atoms with van der Waals surface area (Å²) < 4.78 is 5.49. The Kier molecular flexibility index (Phi) is 7.52. The molecule has 0 radical (unpaired) electrons.